The predicted molar refractivity (Wildman–Crippen MR) is 107 cm³/mol. The first-order chi connectivity index (χ1) is 12.7. The van der Waals surface area contributed by atoms with E-state index in [1.807, 2.05) is 25.7 Å². The Hall–Kier alpha value is -1.37. The number of carbonyl (C=O) groups excluding carboxylic acids is 1. The minimum Gasteiger partial charge on any atom is -0.477 e. The molecule has 2 fully saturated rings. The summed E-state index contributed by atoms with van der Waals surface area (Å²) >= 11 is 3.26. The summed E-state index contributed by atoms with van der Waals surface area (Å²) in [5.41, 5.74) is 0.0406. The summed E-state index contributed by atoms with van der Waals surface area (Å²) in [5.74, 6) is 1.37. The monoisotopic (exact) mass is 439 g/mol. The van der Waals surface area contributed by atoms with Crippen LogP contribution in [0.25, 0.3) is 0 Å². The highest BCUT2D eigenvalue weighted by atomic mass is 79.9. The lowest BCUT2D eigenvalue weighted by Crippen LogP contribution is -2.49. The van der Waals surface area contributed by atoms with Crippen LogP contribution in [-0.2, 0) is 4.74 Å². The molecule has 1 aromatic rings. The number of halogens is 1. The molecular formula is C20H30BrN3O3. The molecule has 1 aliphatic carbocycles. The van der Waals surface area contributed by atoms with Gasteiger partial charge in [-0.05, 0) is 86.6 Å². The van der Waals surface area contributed by atoms with Gasteiger partial charge in [0.1, 0.15) is 10.2 Å². The highest BCUT2D eigenvalue weighted by molar-refractivity contribution is 9.10. The maximum absolute atomic E-state index is 12.2. The number of likely N-dealkylation sites (tertiary alicyclic amines) is 1. The average Bonchev–Trinajstić information content (AvgIpc) is 2.57. The van der Waals surface area contributed by atoms with E-state index < -0.39 is 5.60 Å². The third kappa shape index (κ3) is 5.80. The Morgan fingerprint density at radius 3 is 2.56 bits per heavy atom. The zero-order valence-electron chi connectivity index (χ0n) is 16.5. The van der Waals surface area contributed by atoms with Crippen molar-refractivity contribution in [3.63, 3.8) is 0 Å². The van der Waals surface area contributed by atoms with Gasteiger partial charge in [-0.3, -0.25) is 0 Å². The van der Waals surface area contributed by atoms with Gasteiger partial charge in [-0.2, -0.15) is 0 Å². The number of hydrogen-bond donors (Lipinski definition) is 0. The third-order valence-electron chi connectivity index (χ3n) is 5.52. The Morgan fingerprint density at radius 2 is 1.96 bits per heavy atom. The summed E-state index contributed by atoms with van der Waals surface area (Å²) < 4.78 is 11.8. The second-order valence-electron chi connectivity index (χ2n) is 8.91. The zero-order chi connectivity index (χ0) is 19.5. The number of ether oxygens (including phenoxy) is 2. The van der Waals surface area contributed by atoms with Crippen molar-refractivity contribution in [3.05, 3.63) is 17.0 Å². The molecule has 150 valence electrons. The molecule has 1 saturated carbocycles. The quantitative estimate of drug-likeness (QED) is 0.614. The van der Waals surface area contributed by atoms with E-state index in [2.05, 4.69) is 25.9 Å². The molecule has 7 heteroatoms. The van der Waals surface area contributed by atoms with E-state index in [9.17, 15) is 4.79 Å². The molecule has 0 radical (unpaired) electrons. The maximum atomic E-state index is 12.2. The first kappa shape index (κ1) is 20.4. The van der Waals surface area contributed by atoms with Crippen LogP contribution in [0.2, 0.25) is 0 Å². The van der Waals surface area contributed by atoms with Gasteiger partial charge in [0, 0.05) is 13.1 Å². The first-order valence-corrected chi connectivity index (χ1v) is 10.6. The van der Waals surface area contributed by atoms with Gasteiger partial charge in [0.25, 0.3) is 0 Å². The molecule has 0 atom stereocenters. The van der Waals surface area contributed by atoms with Crippen molar-refractivity contribution in [1.82, 2.24) is 14.9 Å². The summed E-state index contributed by atoms with van der Waals surface area (Å²) in [4.78, 5) is 22.3. The molecule has 1 saturated heterocycles. The van der Waals surface area contributed by atoms with Crippen LogP contribution in [0, 0.1) is 11.3 Å². The van der Waals surface area contributed by atoms with Crippen LogP contribution < -0.4 is 4.74 Å². The van der Waals surface area contributed by atoms with E-state index in [4.69, 9.17) is 9.47 Å². The van der Waals surface area contributed by atoms with Gasteiger partial charge in [0.05, 0.1) is 19.0 Å². The lowest BCUT2D eigenvalue weighted by molar-refractivity contribution is -0.0301. The average molecular weight is 440 g/mol. The molecule has 1 spiro atoms. The maximum Gasteiger partial charge on any atom is 0.410 e. The fourth-order valence-electron chi connectivity index (χ4n) is 4.19. The summed E-state index contributed by atoms with van der Waals surface area (Å²) in [7, 11) is 0. The number of carbonyl (C=O) groups is 1. The molecule has 1 aromatic heterocycles. The van der Waals surface area contributed by atoms with Crippen LogP contribution >= 0.6 is 15.9 Å². The van der Waals surface area contributed by atoms with Gasteiger partial charge in [-0.15, -0.1) is 0 Å². The number of aromatic nitrogens is 2. The van der Waals surface area contributed by atoms with Crippen molar-refractivity contribution in [1.29, 1.82) is 0 Å². The molecule has 0 unspecified atom stereocenters. The number of hydrogen-bond acceptors (Lipinski definition) is 5. The van der Waals surface area contributed by atoms with Gasteiger partial charge in [-0.25, -0.2) is 14.8 Å². The van der Waals surface area contributed by atoms with Gasteiger partial charge in [0.15, 0.2) is 0 Å². The normalized spacial score (nSPS) is 19.6. The minimum atomic E-state index is -0.419. The predicted octanol–water partition coefficient (Wildman–Crippen LogP) is 4.83. The fraction of sp³-hybridized carbons (Fsp3) is 0.750. The van der Waals surface area contributed by atoms with Crippen molar-refractivity contribution in [2.24, 2.45) is 11.3 Å². The van der Waals surface area contributed by atoms with Crippen LogP contribution in [0.15, 0.2) is 17.0 Å². The van der Waals surface area contributed by atoms with Gasteiger partial charge in [-0.1, -0.05) is 0 Å². The molecule has 2 heterocycles. The Morgan fingerprint density at radius 1 is 1.26 bits per heavy atom. The molecule has 1 aliphatic heterocycles. The van der Waals surface area contributed by atoms with Crippen molar-refractivity contribution < 1.29 is 14.3 Å². The van der Waals surface area contributed by atoms with Gasteiger partial charge >= 0.3 is 6.09 Å². The number of rotatable bonds is 5. The fourth-order valence-corrected chi connectivity index (χ4v) is 4.40. The van der Waals surface area contributed by atoms with Crippen molar-refractivity contribution in [2.75, 3.05) is 19.7 Å². The van der Waals surface area contributed by atoms with Crippen molar-refractivity contribution >= 4 is 22.0 Å². The highest BCUT2D eigenvalue weighted by Gasteiger charge is 2.46. The molecule has 6 nitrogen and oxygen atoms in total. The van der Waals surface area contributed by atoms with E-state index >= 15 is 0 Å². The van der Waals surface area contributed by atoms with Gasteiger partial charge in [0.2, 0.25) is 5.88 Å². The Balaban J connectivity index is 1.30. The lowest BCUT2D eigenvalue weighted by Gasteiger charge is -2.52. The Labute approximate surface area is 170 Å². The van der Waals surface area contributed by atoms with E-state index in [1.165, 1.54) is 19.3 Å². The van der Waals surface area contributed by atoms with E-state index in [-0.39, 0.29) is 6.09 Å². The van der Waals surface area contributed by atoms with E-state index in [0.717, 1.165) is 38.3 Å². The number of piperidine rings is 1. The Bertz CT molecular complexity index is 629. The minimum absolute atomic E-state index is 0.165. The molecule has 3 rings (SSSR count). The summed E-state index contributed by atoms with van der Waals surface area (Å²) in [6.45, 7) is 8.09. The van der Waals surface area contributed by atoms with Crippen molar-refractivity contribution in [3.8, 4) is 5.88 Å². The summed E-state index contributed by atoms with van der Waals surface area (Å²) in [6.07, 6.45) is 10.1. The highest BCUT2D eigenvalue weighted by Crippen LogP contribution is 2.54. The second kappa shape index (κ2) is 8.33. The lowest BCUT2D eigenvalue weighted by atomic mass is 9.56. The summed E-state index contributed by atoms with van der Waals surface area (Å²) in [6, 6.07) is 0. The zero-order valence-corrected chi connectivity index (χ0v) is 18.1. The van der Waals surface area contributed by atoms with Crippen LogP contribution in [0.4, 0.5) is 4.79 Å². The Kier molecular flexibility index (Phi) is 6.28. The van der Waals surface area contributed by atoms with Gasteiger partial charge < -0.3 is 14.4 Å². The van der Waals surface area contributed by atoms with Crippen LogP contribution in [0.3, 0.4) is 0 Å². The molecule has 0 bridgehead atoms. The van der Waals surface area contributed by atoms with Crippen LogP contribution in [-0.4, -0.2) is 46.3 Å². The standard InChI is InChI=1S/C20H30BrN3O3/c1-19(2,3)27-18(25)24-8-6-20(7-9-24)11-15(12-20)5-4-10-26-17-14-22-16(21)13-23-17/h13-15H,4-12H2,1-3H3. The smallest absolute Gasteiger partial charge is 0.410 e. The molecule has 27 heavy (non-hydrogen) atoms. The molecular weight excluding hydrogens is 410 g/mol. The van der Waals surface area contributed by atoms with E-state index in [1.54, 1.807) is 12.4 Å². The largest absolute Gasteiger partial charge is 0.477 e. The van der Waals surface area contributed by atoms with Crippen molar-refractivity contribution in [2.45, 2.75) is 64.9 Å². The first-order valence-electron chi connectivity index (χ1n) is 9.83. The molecule has 0 aromatic carbocycles. The van der Waals surface area contributed by atoms with Crippen LogP contribution in [0.1, 0.15) is 59.3 Å². The topological polar surface area (TPSA) is 64.5 Å². The second-order valence-corrected chi connectivity index (χ2v) is 9.72. The number of nitrogens with zero attached hydrogens (tertiary/aromatic N) is 3. The molecule has 2 aliphatic rings. The SMILES string of the molecule is CC(C)(C)OC(=O)N1CCC2(CC1)CC(CCCOc1cnc(Br)cn1)C2. The van der Waals surface area contributed by atoms with E-state index in [0.29, 0.717) is 22.5 Å². The number of amides is 1. The van der Waals surface area contributed by atoms with Crippen LogP contribution in [0.5, 0.6) is 5.88 Å². The third-order valence-corrected chi connectivity index (χ3v) is 5.93. The summed E-state index contributed by atoms with van der Waals surface area (Å²) in [5, 5.41) is 0. The molecule has 1 amide bonds. The molecule has 0 N–H and O–H groups in total.